The van der Waals surface area contributed by atoms with Crippen LogP contribution in [0.1, 0.15) is 24.5 Å². The molecule has 0 aliphatic rings. The van der Waals surface area contributed by atoms with Crippen LogP contribution < -0.4 is 0 Å². The summed E-state index contributed by atoms with van der Waals surface area (Å²) in [4.78, 5) is 13.0. The molecule has 0 fully saturated rings. The predicted molar refractivity (Wildman–Crippen MR) is 141 cm³/mol. The topological polar surface area (TPSA) is 26.3 Å². The maximum Gasteiger partial charge on any atom is 0.460 e. The van der Waals surface area contributed by atoms with Gasteiger partial charge in [-0.15, -0.1) is 11.8 Å². The lowest BCUT2D eigenvalue weighted by atomic mass is 9.85. The van der Waals surface area contributed by atoms with E-state index in [0.717, 1.165) is 29.2 Å². The van der Waals surface area contributed by atoms with E-state index in [4.69, 9.17) is 4.74 Å². The zero-order valence-electron chi connectivity index (χ0n) is 25.8. The molecule has 2 aromatic rings. The van der Waals surface area contributed by atoms with E-state index >= 15 is 0 Å². The molecule has 0 spiro atoms. The van der Waals surface area contributed by atoms with Crippen molar-refractivity contribution in [1.82, 2.24) is 0 Å². The predicted octanol–water partition coefficient (Wildman–Crippen LogP) is 11.4. The van der Waals surface area contributed by atoms with Crippen LogP contribution in [0.2, 0.25) is 0 Å². The van der Waals surface area contributed by atoms with E-state index in [0.29, 0.717) is 0 Å². The lowest BCUT2D eigenvalue weighted by Gasteiger charge is -2.44. The van der Waals surface area contributed by atoms with Gasteiger partial charge in [-0.2, -0.15) is 92.2 Å². The Morgan fingerprint density at radius 1 is 0.547 bits per heavy atom. The van der Waals surface area contributed by atoms with Gasteiger partial charge in [0, 0.05) is 17.1 Å². The highest BCUT2D eigenvalue weighted by Gasteiger charge is 2.97. The van der Waals surface area contributed by atoms with Gasteiger partial charge in [-0.3, -0.25) is 4.79 Å². The molecule has 1 atom stereocenters. The molecule has 2 aromatic carbocycles. The summed E-state index contributed by atoms with van der Waals surface area (Å²) in [6.45, 7) is 1.05. The summed E-state index contributed by atoms with van der Waals surface area (Å²) in [5.74, 6) is -78.2. The number of alkyl halides is 21. The Labute approximate surface area is 288 Å². The lowest BCUT2D eigenvalue weighted by molar-refractivity contribution is -0.474. The summed E-state index contributed by atoms with van der Waals surface area (Å²) < 4.78 is 290. The summed E-state index contributed by atoms with van der Waals surface area (Å²) in [5, 5.41) is 0. The molecular weight excluding hydrogens is 811 g/mol. The molecule has 1 unspecified atom stereocenters. The van der Waals surface area contributed by atoms with Gasteiger partial charge in [0.05, 0.1) is 5.92 Å². The number of carbonyl (C=O) groups excluding carboxylic acids is 1. The molecule has 0 heterocycles. The second-order valence-corrected chi connectivity index (χ2v) is 12.3. The van der Waals surface area contributed by atoms with E-state index in [2.05, 4.69) is 0 Å². The summed E-state index contributed by atoms with van der Waals surface area (Å²) in [6, 6.07) is 12.3. The Balaban J connectivity index is 2.22. The maximum atomic E-state index is 14.3. The van der Waals surface area contributed by atoms with Crippen LogP contribution in [0.15, 0.2) is 59.5 Å². The Hall–Kier alpha value is -3.21. The van der Waals surface area contributed by atoms with Crippen molar-refractivity contribution in [2.24, 2.45) is 5.92 Å². The Bertz CT molecular complexity index is 1540. The fraction of sp³-hybridized carbons (Fsp3) is 0.552. The quantitative estimate of drug-likeness (QED) is 0.0902. The van der Waals surface area contributed by atoms with Gasteiger partial charge in [0.25, 0.3) is 0 Å². The Morgan fingerprint density at radius 2 is 0.925 bits per heavy atom. The van der Waals surface area contributed by atoms with Crippen LogP contribution in [0.5, 0.6) is 0 Å². The number of hydrogen-bond acceptors (Lipinski definition) is 3. The SMILES string of the molecule is CC(CSc1ccccc1)C(=O)OCc1ccc(CCC(F)(F)C(F)(F)C(F)(F)C(F)(F)C(F)(F)C(F)(F)C(F)(F)C(F)(F)C(F)(F)C(F)(F)F)cc1. The summed E-state index contributed by atoms with van der Waals surface area (Å²) in [5.41, 5.74) is -0.422. The van der Waals surface area contributed by atoms with Gasteiger partial charge in [-0.05, 0) is 29.7 Å². The third-order valence-corrected chi connectivity index (χ3v) is 8.63. The van der Waals surface area contributed by atoms with Crippen LogP contribution in [-0.2, 0) is 22.6 Å². The van der Waals surface area contributed by atoms with Crippen molar-refractivity contribution in [3.63, 3.8) is 0 Å². The third-order valence-electron chi connectivity index (χ3n) is 7.35. The highest BCUT2D eigenvalue weighted by molar-refractivity contribution is 7.99. The summed E-state index contributed by atoms with van der Waals surface area (Å²) in [7, 11) is 0. The van der Waals surface area contributed by atoms with Crippen molar-refractivity contribution in [2.45, 2.75) is 90.7 Å². The zero-order valence-corrected chi connectivity index (χ0v) is 26.6. The molecule has 302 valence electrons. The molecule has 0 saturated carbocycles. The molecule has 0 aliphatic heterocycles. The number of ether oxygens (including phenoxy) is 1. The highest BCUT2D eigenvalue weighted by atomic mass is 32.2. The van der Waals surface area contributed by atoms with Crippen LogP contribution in [-0.4, -0.2) is 71.2 Å². The molecule has 0 radical (unpaired) electrons. The molecule has 0 bridgehead atoms. The minimum absolute atomic E-state index is 0.104. The van der Waals surface area contributed by atoms with Gasteiger partial charge >= 0.3 is 65.4 Å². The molecule has 53 heavy (non-hydrogen) atoms. The van der Waals surface area contributed by atoms with Gasteiger partial charge in [0.15, 0.2) is 0 Å². The summed E-state index contributed by atoms with van der Waals surface area (Å²) in [6.07, 6.45) is -12.3. The average molecular weight is 833 g/mol. The molecule has 0 aliphatic carbocycles. The zero-order chi connectivity index (χ0) is 41.5. The minimum Gasteiger partial charge on any atom is -0.461 e. The molecule has 0 aromatic heterocycles. The summed E-state index contributed by atoms with van der Waals surface area (Å²) >= 11 is 1.31. The smallest absolute Gasteiger partial charge is 0.460 e. The van der Waals surface area contributed by atoms with Gasteiger partial charge in [-0.1, -0.05) is 49.4 Å². The Kier molecular flexibility index (Phi) is 12.8. The number of carbonyl (C=O) groups is 1. The van der Waals surface area contributed by atoms with Crippen LogP contribution in [0.3, 0.4) is 0 Å². The molecule has 0 saturated heterocycles. The fourth-order valence-electron chi connectivity index (χ4n) is 3.95. The van der Waals surface area contributed by atoms with E-state index in [-0.39, 0.29) is 11.3 Å². The number of halogens is 21. The minimum atomic E-state index is -9.20. The largest absolute Gasteiger partial charge is 0.461 e. The first kappa shape index (κ1) is 45.9. The van der Waals surface area contributed by atoms with Crippen molar-refractivity contribution >= 4 is 17.7 Å². The van der Waals surface area contributed by atoms with Gasteiger partial charge < -0.3 is 4.74 Å². The molecular formula is C29H21F21O2S. The molecule has 2 nitrogen and oxygen atoms in total. The first-order valence-electron chi connectivity index (χ1n) is 14.0. The van der Waals surface area contributed by atoms with E-state index in [9.17, 15) is 97.0 Å². The van der Waals surface area contributed by atoms with Crippen LogP contribution in [0, 0.1) is 5.92 Å². The number of benzene rings is 2. The number of thioether (sulfide) groups is 1. The van der Waals surface area contributed by atoms with Crippen molar-refractivity contribution in [3.8, 4) is 0 Å². The molecule has 2 rings (SSSR count). The molecule has 24 heteroatoms. The van der Waals surface area contributed by atoms with Crippen molar-refractivity contribution in [1.29, 1.82) is 0 Å². The second kappa shape index (κ2) is 14.8. The fourth-order valence-corrected chi connectivity index (χ4v) is 4.88. The lowest BCUT2D eigenvalue weighted by Crippen LogP contribution is -2.76. The number of hydrogen-bond donors (Lipinski definition) is 0. The van der Waals surface area contributed by atoms with Crippen molar-refractivity contribution < 1.29 is 102 Å². The highest BCUT2D eigenvalue weighted by Crippen LogP contribution is 2.66. The molecule has 0 amide bonds. The van der Waals surface area contributed by atoms with Crippen LogP contribution in [0.25, 0.3) is 0 Å². The number of aryl methyl sites for hydroxylation is 1. The standard InChI is InChI=1S/C29H21F21O2S/c1-15(14-53-18-5-3-2-4-6-18)19(51)52-13-17-9-7-16(8-10-17)11-12-20(30,31)21(32,33)22(34,35)23(36,37)24(38,39)25(40,41)26(42,43)27(44,45)28(46,47)29(48,49)50/h2-10,15H,11-14H2,1H3. The van der Waals surface area contributed by atoms with Gasteiger partial charge in [0.2, 0.25) is 0 Å². The third kappa shape index (κ3) is 7.97. The first-order chi connectivity index (χ1) is 23.6. The van der Waals surface area contributed by atoms with E-state index in [1.165, 1.54) is 18.7 Å². The first-order valence-corrected chi connectivity index (χ1v) is 15.0. The maximum absolute atomic E-state index is 14.3. The second-order valence-electron chi connectivity index (χ2n) is 11.2. The monoisotopic (exact) mass is 832 g/mol. The van der Waals surface area contributed by atoms with Gasteiger partial charge in [-0.25, -0.2) is 0 Å². The number of rotatable bonds is 17. The Morgan fingerprint density at radius 3 is 1.34 bits per heavy atom. The van der Waals surface area contributed by atoms with Crippen molar-refractivity contribution in [2.75, 3.05) is 5.75 Å². The van der Waals surface area contributed by atoms with Crippen LogP contribution >= 0.6 is 11.8 Å². The average Bonchev–Trinajstić information content (AvgIpc) is 3.04. The van der Waals surface area contributed by atoms with Gasteiger partial charge in [0.1, 0.15) is 6.61 Å². The molecule has 0 N–H and O–H groups in total. The van der Waals surface area contributed by atoms with Crippen molar-refractivity contribution in [3.05, 3.63) is 65.7 Å². The van der Waals surface area contributed by atoms with E-state index in [1.807, 2.05) is 0 Å². The van der Waals surface area contributed by atoms with E-state index < -0.39 is 96.4 Å². The van der Waals surface area contributed by atoms with Crippen LogP contribution in [0.4, 0.5) is 92.2 Å². The number of esters is 1. The van der Waals surface area contributed by atoms with E-state index in [1.54, 1.807) is 30.3 Å². The normalized spacial score (nSPS) is 15.4.